The Bertz CT molecular complexity index is 961. The summed E-state index contributed by atoms with van der Waals surface area (Å²) in [4.78, 5) is 34.5. The summed E-state index contributed by atoms with van der Waals surface area (Å²) in [5.41, 5.74) is 1.83. The van der Waals surface area contributed by atoms with E-state index in [-0.39, 0.29) is 17.5 Å². The second kappa shape index (κ2) is 7.15. The van der Waals surface area contributed by atoms with E-state index in [1.807, 2.05) is 35.2 Å². The summed E-state index contributed by atoms with van der Waals surface area (Å²) in [5, 5.41) is 0. The number of aryl methyl sites for hydroxylation is 1. The number of amides is 1. The van der Waals surface area contributed by atoms with Gasteiger partial charge in [0.25, 0.3) is 5.56 Å². The zero-order valence-electron chi connectivity index (χ0n) is 14.6. The van der Waals surface area contributed by atoms with Crippen molar-refractivity contribution in [3.63, 3.8) is 0 Å². The fourth-order valence-electron chi connectivity index (χ4n) is 3.71. The van der Waals surface area contributed by atoms with Crippen molar-refractivity contribution in [2.75, 3.05) is 6.54 Å². The highest BCUT2D eigenvalue weighted by Crippen LogP contribution is 2.30. The van der Waals surface area contributed by atoms with Crippen LogP contribution >= 0.6 is 0 Å². The number of nitrogens with zero attached hydrogens (tertiary/aromatic N) is 3. The molecule has 1 aromatic carbocycles. The van der Waals surface area contributed by atoms with Gasteiger partial charge in [0.1, 0.15) is 0 Å². The highest BCUT2D eigenvalue weighted by molar-refractivity contribution is 5.77. The van der Waals surface area contributed by atoms with E-state index in [1.165, 1.54) is 9.96 Å². The van der Waals surface area contributed by atoms with Gasteiger partial charge in [0.05, 0.1) is 6.04 Å². The number of piperidine rings is 1. The largest absolute Gasteiger partial charge is 0.334 e. The second-order valence-corrected chi connectivity index (χ2v) is 6.77. The van der Waals surface area contributed by atoms with Crippen LogP contribution in [0.3, 0.4) is 0 Å². The van der Waals surface area contributed by atoms with Crippen LogP contribution in [-0.4, -0.2) is 31.7 Å². The molecule has 6 heteroatoms. The molecule has 26 heavy (non-hydrogen) atoms. The van der Waals surface area contributed by atoms with Crippen LogP contribution in [-0.2, 0) is 11.2 Å². The first-order chi connectivity index (χ1) is 12.7. The fourth-order valence-corrected chi connectivity index (χ4v) is 3.71. The second-order valence-electron chi connectivity index (χ2n) is 6.77. The van der Waals surface area contributed by atoms with Crippen LogP contribution in [0.1, 0.15) is 43.0 Å². The van der Waals surface area contributed by atoms with Gasteiger partial charge >= 0.3 is 0 Å². The third kappa shape index (κ3) is 3.27. The van der Waals surface area contributed by atoms with E-state index in [0.29, 0.717) is 12.2 Å². The van der Waals surface area contributed by atoms with Gasteiger partial charge in [-0.25, -0.2) is 4.98 Å². The predicted octanol–water partition coefficient (Wildman–Crippen LogP) is 2.71. The lowest BCUT2D eigenvalue weighted by Gasteiger charge is -2.36. The molecule has 134 valence electrons. The molecule has 4 rings (SSSR count). The Balaban J connectivity index is 1.55. The number of carbonyl (C=O) groups is 1. The van der Waals surface area contributed by atoms with Gasteiger partial charge in [0.2, 0.25) is 11.7 Å². The lowest BCUT2D eigenvalue weighted by Crippen LogP contribution is -2.39. The molecule has 3 heterocycles. The Morgan fingerprint density at radius 2 is 2.08 bits per heavy atom. The average molecular weight is 350 g/mol. The molecule has 0 unspecified atom stereocenters. The van der Waals surface area contributed by atoms with Gasteiger partial charge in [-0.2, -0.15) is 0 Å². The maximum atomic E-state index is 12.9. The van der Waals surface area contributed by atoms with Gasteiger partial charge in [0, 0.05) is 37.1 Å². The summed E-state index contributed by atoms with van der Waals surface area (Å²) in [5.74, 6) is 0.664. The number of carbonyl (C=O) groups excluding carboxylic acids is 1. The fraction of sp³-hybridized carbons (Fsp3) is 0.350. The first kappa shape index (κ1) is 16.6. The molecule has 1 saturated heterocycles. The normalized spacial score (nSPS) is 17.5. The Morgan fingerprint density at radius 3 is 2.92 bits per heavy atom. The van der Waals surface area contributed by atoms with Crippen molar-refractivity contribution < 1.29 is 4.79 Å². The topological polar surface area (TPSA) is 70.5 Å². The third-order valence-electron chi connectivity index (χ3n) is 5.07. The molecular formula is C20H22N4O2. The summed E-state index contributed by atoms with van der Waals surface area (Å²) in [6, 6.07) is 11.6. The Labute approximate surface area is 151 Å². The number of H-pyrrole nitrogens is 1. The minimum absolute atomic E-state index is 0.0820. The van der Waals surface area contributed by atoms with Crippen LogP contribution in [0.15, 0.2) is 53.6 Å². The van der Waals surface area contributed by atoms with E-state index >= 15 is 0 Å². The molecule has 0 radical (unpaired) electrons. The van der Waals surface area contributed by atoms with Gasteiger partial charge in [0.15, 0.2) is 0 Å². The number of hydrogen-bond donors (Lipinski definition) is 1. The number of fused-ring (bicyclic) bond motifs is 1. The van der Waals surface area contributed by atoms with E-state index in [9.17, 15) is 9.59 Å². The average Bonchev–Trinajstić information content (AvgIpc) is 3.16. The van der Waals surface area contributed by atoms with Crippen LogP contribution in [0.4, 0.5) is 0 Å². The quantitative estimate of drug-likeness (QED) is 0.786. The molecule has 1 atom stereocenters. The van der Waals surface area contributed by atoms with Crippen LogP contribution in [0.25, 0.3) is 5.78 Å². The lowest BCUT2D eigenvalue weighted by molar-refractivity contribution is -0.135. The van der Waals surface area contributed by atoms with Gasteiger partial charge in [-0.05, 0) is 31.2 Å². The van der Waals surface area contributed by atoms with Gasteiger partial charge in [-0.1, -0.05) is 30.3 Å². The molecule has 1 N–H and O–H groups in total. The molecule has 2 aromatic heterocycles. The van der Waals surface area contributed by atoms with Crippen molar-refractivity contribution in [1.29, 1.82) is 0 Å². The molecule has 0 aliphatic carbocycles. The Kier molecular flexibility index (Phi) is 4.56. The molecule has 0 spiro atoms. The molecule has 1 amide bonds. The lowest BCUT2D eigenvalue weighted by atomic mass is 9.98. The number of hydrogen-bond acceptors (Lipinski definition) is 3. The molecule has 1 fully saturated rings. The number of aromatic nitrogens is 3. The summed E-state index contributed by atoms with van der Waals surface area (Å²) >= 11 is 0. The zero-order chi connectivity index (χ0) is 17.9. The first-order valence-corrected chi connectivity index (χ1v) is 9.12. The van der Waals surface area contributed by atoms with Crippen molar-refractivity contribution >= 4 is 11.7 Å². The summed E-state index contributed by atoms with van der Waals surface area (Å²) < 4.78 is 1.48. The summed E-state index contributed by atoms with van der Waals surface area (Å²) in [6.45, 7) is 0.736. The van der Waals surface area contributed by atoms with Crippen molar-refractivity contribution in [3.8, 4) is 0 Å². The smallest absolute Gasteiger partial charge is 0.259 e. The number of aromatic amines is 1. The van der Waals surface area contributed by atoms with Gasteiger partial charge in [-0.15, -0.1) is 0 Å². The monoisotopic (exact) mass is 350 g/mol. The predicted molar refractivity (Wildman–Crippen MR) is 98.9 cm³/mol. The first-order valence-electron chi connectivity index (χ1n) is 9.12. The highest BCUT2D eigenvalue weighted by Gasteiger charge is 2.28. The minimum atomic E-state index is -0.117. The molecule has 1 aliphatic heterocycles. The number of imidazole rings is 1. The SMILES string of the molecule is O=C(CCc1ccccc1)N1CCCC[C@@H]1c1cc(=O)n2ccnc2[nH]1. The van der Waals surface area contributed by atoms with E-state index in [0.717, 1.165) is 37.9 Å². The van der Waals surface area contributed by atoms with Crippen LogP contribution in [0.5, 0.6) is 0 Å². The van der Waals surface area contributed by atoms with Crippen molar-refractivity contribution in [1.82, 2.24) is 19.3 Å². The Morgan fingerprint density at radius 1 is 1.23 bits per heavy atom. The van der Waals surface area contributed by atoms with Crippen molar-refractivity contribution in [3.05, 3.63) is 70.4 Å². The van der Waals surface area contributed by atoms with Crippen molar-refractivity contribution in [2.24, 2.45) is 0 Å². The summed E-state index contributed by atoms with van der Waals surface area (Å²) in [7, 11) is 0. The molecule has 0 saturated carbocycles. The van der Waals surface area contributed by atoms with E-state index < -0.39 is 0 Å². The van der Waals surface area contributed by atoms with E-state index in [1.54, 1.807) is 18.5 Å². The molecule has 0 bridgehead atoms. The van der Waals surface area contributed by atoms with Crippen LogP contribution in [0.2, 0.25) is 0 Å². The van der Waals surface area contributed by atoms with E-state index in [4.69, 9.17) is 0 Å². The van der Waals surface area contributed by atoms with Gasteiger partial charge < -0.3 is 9.88 Å². The molecule has 1 aliphatic rings. The highest BCUT2D eigenvalue weighted by atomic mass is 16.2. The number of benzene rings is 1. The van der Waals surface area contributed by atoms with Crippen LogP contribution in [0, 0.1) is 0 Å². The standard InChI is InChI=1S/C20H22N4O2/c25-18(10-9-15-6-2-1-3-7-15)23-12-5-4-8-17(23)16-14-19(26)24-13-11-21-20(24)22-16/h1-3,6-7,11,13-14,17H,4-5,8-10,12H2,(H,21,22)/t17-/m1/s1. The third-order valence-corrected chi connectivity index (χ3v) is 5.07. The van der Waals surface area contributed by atoms with Gasteiger partial charge in [-0.3, -0.25) is 14.0 Å². The van der Waals surface area contributed by atoms with E-state index in [2.05, 4.69) is 9.97 Å². The summed E-state index contributed by atoms with van der Waals surface area (Å²) in [6.07, 6.45) is 7.37. The van der Waals surface area contributed by atoms with Crippen molar-refractivity contribution in [2.45, 2.75) is 38.1 Å². The minimum Gasteiger partial charge on any atom is -0.334 e. The molecular weight excluding hydrogens is 328 g/mol. The number of rotatable bonds is 4. The van der Waals surface area contributed by atoms with Crippen LogP contribution < -0.4 is 5.56 Å². The number of nitrogens with one attached hydrogen (secondary N) is 1. The Hall–Kier alpha value is -2.89. The molecule has 6 nitrogen and oxygen atoms in total. The maximum absolute atomic E-state index is 12.9. The number of likely N-dealkylation sites (tertiary alicyclic amines) is 1. The maximum Gasteiger partial charge on any atom is 0.259 e. The molecule has 3 aromatic rings. The zero-order valence-corrected chi connectivity index (χ0v) is 14.6.